The summed E-state index contributed by atoms with van der Waals surface area (Å²) in [6, 6.07) is 10.2. The first-order chi connectivity index (χ1) is 9.78. The monoisotopic (exact) mass is 286 g/mol. The Labute approximate surface area is 125 Å². The Morgan fingerprint density at radius 2 is 2.15 bits per heavy atom. The van der Waals surface area contributed by atoms with Crippen LogP contribution in [0.5, 0.6) is 0 Å². The highest BCUT2D eigenvalue weighted by Gasteiger charge is 2.24. The van der Waals surface area contributed by atoms with Crippen LogP contribution in [0, 0.1) is 5.92 Å². The highest BCUT2D eigenvalue weighted by Crippen LogP contribution is 2.34. The molecule has 0 saturated heterocycles. The number of nitrogens with two attached hydrogens (primary N) is 1. The van der Waals surface area contributed by atoms with Crippen LogP contribution in [0.1, 0.15) is 53.4 Å². The second kappa shape index (κ2) is 6.06. The van der Waals surface area contributed by atoms with Crippen LogP contribution in [0.25, 0.3) is 0 Å². The summed E-state index contributed by atoms with van der Waals surface area (Å²) in [4.78, 5) is 6.30. The summed E-state index contributed by atoms with van der Waals surface area (Å²) in [6.45, 7) is 2.28. The summed E-state index contributed by atoms with van der Waals surface area (Å²) in [5, 5.41) is 1.08. The van der Waals surface area contributed by atoms with Crippen molar-refractivity contribution in [3.8, 4) is 0 Å². The molecular weight excluding hydrogens is 264 g/mol. The van der Waals surface area contributed by atoms with Crippen LogP contribution < -0.4 is 5.73 Å². The smallest absolute Gasteiger partial charge is 0.114 e. The molecule has 1 aromatic heterocycles. The van der Waals surface area contributed by atoms with Gasteiger partial charge >= 0.3 is 0 Å². The fourth-order valence-corrected chi connectivity index (χ4v) is 4.31. The SMILES string of the molecule is CCCC1CCc2nc(C(N)c3ccccc3)sc2C1. The van der Waals surface area contributed by atoms with E-state index in [1.54, 1.807) is 0 Å². The molecule has 0 spiro atoms. The van der Waals surface area contributed by atoms with Crippen molar-refractivity contribution >= 4 is 11.3 Å². The zero-order chi connectivity index (χ0) is 13.9. The standard InChI is InChI=1S/C17H22N2S/c1-2-6-12-9-10-14-15(11-12)20-17(19-14)16(18)13-7-4-3-5-8-13/h3-5,7-8,12,16H,2,6,9-11,18H2,1H3. The average molecular weight is 286 g/mol. The number of aryl methyl sites for hydroxylation is 1. The van der Waals surface area contributed by atoms with Gasteiger partial charge in [0.25, 0.3) is 0 Å². The van der Waals surface area contributed by atoms with E-state index in [0.29, 0.717) is 0 Å². The zero-order valence-electron chi connectivity index (χ0n) is 12.0. The number of thiazole rings is 1. The molecule has 2 nitrogen and oxygen atoms in total. The molecule has 0 saturated carbocycles. The largest absolute Gasteiger partial charge is 0.318 e. The summed E-state index contributed by atoms with van der Waals surface area (Å²) >= 11 is 1.83. The van der Waals surface area contributed by atoms with Crippen LogP contribution in [0.2, 0.25) is 0 Å². The Kier molecular flexibility index (Phi) is 4.18. The molecule has 2 N–H and O–H groups in total. The first-order valence-electron chi connectivity index (χ1n) is 7.57. The van der Waals surface area contributed by atoms with Crippen LogP contribution in [-0.2, 0) is 12.8 Å². The van der Waals surface area contributed by atoms with Crippen molar-refractivity contribution < 1.29 is 0 Å². The summed E-state index contributed by atoms with van der Waals surface area (Å²) in [5.74, 6) is 0.855. The molecule has 0 amide bonds. The third kappa shape index (κ3) is 2.79. The van der Waals surface area contributed by atoms with E-state index in [2.05, 4.69) is 19.1 Å². The van der Waals surface area contributed by atoms with Gasteiger partial charge in [0.1, 0.15) is 5.01 Å². The molecule has 0 bridgehead atoms. The Balaban J connectivity index is 1.80. The highest BCUT2D eigenvalue weighted by molar-refractivity contribution is 7.11. The summed E-state index contributed by atoms with van der Waals surface area (Å²) in [6.07, 6.45) is 6.28. The molecule has 1 aliphatic carbocycles. The van der Waals surface area contributed by atoms with Crippen LogP contribution in [0.3, 0.4) is 0 Å². The molecule has 3 rings (SSSR count). The predicted octanol–water partition coefficient (Wildman–Crippen LogP) is 4.10. The molecule has 0 aliphatic heterocycles. The van der Waals surface area contributed by atoms with Crippen molar-refractivity contribution in [1.29, 1.82) is 0 Å². The second-order valence-electron chi connectivity index (χ2n) is 5.71. The molecule has 3 heteroatoms. The molecule has 0 radical (unpaired) electrons. The number of rotatable bonds is 4. The highest BCUT2D eigenvalue weighted by atomic mass is 32.1. The lowest BCUT2D eigenvalue weighted by Crippen LogP contribution is -2.13. The van der Waals surface area contributed by atoms with E-state index in [1.165, 1.54) is 36.3 Å². The number of nitrogens with zero attached hydrogens (tertiary/aromatic N) is 1. The maximum atomic E-state index is 6.37. The Hall–Kier alpha value is -1.19. The van der Waals surface area contributed by atoms with Crippen LogP contribution >= 0.6 is 11.3 Å². The molecule has 0 fully saturated rings. The molecule has 2 unspecified atom stereocenters. The van der Waals surface area contributed by atoms with E-state index in [9.17, 15) is 0 Å². The lowest BCUT2D eigenvalue weighted by atomic mass is 9.88. The van der Waals surface area contributed by atoms with E-state index < -0.39 is 0 Å². The van der Waals surface area contributed by atoms with Crippen molar-refractivity contribution in [2.75, 3.05) is 0 Å². The van der Waals surface area contributed by atoms with Gasteiger partial charge in [0.05, 0.1) is 11.7 Å². The van der Waals surface area contributed by atoms with Crippen molar-refractivity contribution in [2.24, 2.45) is 11.7 Å². The van der Waals surface area contributed by atoms with E-state index >= 15 is 0 Å². The van der Waals surface area contributed by atoms with Gasteiger partial charge < -0.3 is 5.73 Å². The fraction of sp³-hybridized carbons (Fsp3) is 0.471. The molecule has 1 heterocycles. The van der Waals surface area contributed by atoms with Gasteiger partial charge in [0.2, 0.25) is 0 Å². The maximum Gasteiger partial charge on any atom is 0.114 e. The van der Waals surface area contributed by atoms with Crippen LogP contribution in [0.4, 0.5) is 0 Å². The summed E-state index contributed by atoms with van der Waals surface area (Å²) in [5.41, 5.74) is 8.83. The van der Waals surface area contributed by atoms with Crippen LogP contribution in [0.15, 0.2) is 30.3 Å². The molecule has 1 aromatic carbocycles. The Morgan fingerprint density at radius 1 is 1.35 bits per heavy atom. The van der Waals surface area contributed by atoms with Gasteiger partial charge in [-0.25, -0.2) is 4.98 Å². The lowest BCUT2D eigenvalue weighted by molar-refractivity contribution is 0.423. The van der Waals surface area contributed by atoms with Gasteiger partial charge in [0.15, 0.2) is 0 Å². The third-order valence-corrected chi connectivity index (χ3v) is 5.38. The van der Waals surface area contributed by atoms with Crippen molar-refractivity contribution in [3.63, 3.8) is 0 Å². The van der Waals surface area contributed by atoms with Crippen molar-refractivity contribution in [2.45, 2.75) is 45.1 Å². The first-order valence-corrected chi connectivity index (χ1v) is 8.38. The summed E-state index contributed by atoms with van der Waals surface area (Å²) in [7, 11) is 0. The fourth-order valence-electron chi connectivity index (χ4n) is 3.05. The van der Waals surface area contributed by atoms with E-state index in [1.807, 2.05) is 29.5 Å². The minimum absolute atomic E-state index is 0.0728. The van der Waals surface area contributed by atoms with E-state index in [0.717, 1.165) is 22.9 Å². The molecule has 2 aromatic rings. The molecule has 2 atom stereocenters. The predicted molar refractivity (Wildman–Crippen MR) is 85.0 cm³/mol. The topological polar surface area (TPSA) is 38.9 Å². The summed E-state index contributed by atoms with van der Waals surface area (Å²) < 4.78 is 0. The van der Waals surface area contributed by atoms with Crippen LogP contribution in [-0.4, -0.2) is 4.98 Å². The van der Waals surface area contributed by atoms with Gasteiger partial charge in [-0.15, -0.1) is 11.3 Å². The van der Waals surface area contributed by atoms with Gasteiger partial charge in [-0.1, -0.05) is 50.1 Å². The van der Waals surface area contributed by atoms with Gasteiger partial charge in [0, 0.05) is 4.88 Å². The lowest BCUT2D eigenvalue weighted by Gasteiger charge is -2.20. The number of benzene rings is 1. The first kappa shape index (κ1) is 13.8. The Morgan fingerprint density at radius 3 is 2.90 bits per heavy atom. The van der Waals surface area contributed by atoms with Gasteiger partial charge in [-0.2, -0.15) is 0 Å². The Bertz CT molecular complexity index is 562. The molecule has 106 valence electrons. The minimum Gasteiger partial charge on any atom is -0.318 e. The molecule has 1 aliphatic rings. The van der Waals surface area contributed by atoms with Gasteiger partial charge in [-0.3, -0.25) is 0 Å². The number of fused-ring (bicyclic) bond motifs is 1. The van der Waals surface area contributed by atoms with E-state index in [4.69, 9.17) is 10.7 Å². The molecular formula is C17H22N2S. The minimum atomic E-state index is -0.0728. The average Bonchev–Trinajstić information content (AvgIpc) is 2.91. The normalized spacial score (nSPS) is 19.6. The zero-order valence-corrected chi connectivity index (χ0v) is 12.8. The van der Waals surface area contributed by atoms with Gasteiger partial charge in [-0.05, 0) is 30.7 Å². The maximum absolute atomic E-state index is 6.37. The number of hydrogen-bond acceptors (Lipinski definition) is 3. The molecule has 20 heavy (non-hydrogen) atoms. The quantitative estimate of drug-likeness (QED) is 0.919. The van der Waals surface area contributed by atoms with Crippen molar-refractivity contribution in [3.05, 3.63) is 51.5 Å². The second-order valence-corrected chi connectivity index (χ2v) is 6.82. The van der Waals surface area contributed by atoms with E-state index in [-0.39, 0.29) is 6.04 Å². The van der Waals surface area contributed by atoms with Crippen molar-refractivity contribution in [1.82, 2.24) is 4.98 Å². The number of hydrogen-bond donors (Lipinski definition) is 1. The third-order valence-electron chi connectivity index (χ3n) is 4.18. The number of aromatic nitrogens is 1.